The monoisotopic (exact) mass is 491 g/mol. The smallest absolute Gasteiger partial charge is 0.303 e. The number of hydrogen-bond acceptors (Lipinski definition) is 5. The van der Waals surface area contributed by atoms with Gasteiger partial charge in [0.15, 0.2) is 0 Å². The molecule has 0 spiro atoms. The van der Waals surface area contributed by atoms with Gasteiger partial charge in [0, 0.05) is 25.0 Å². The summed E-state index contributed by atoms with van der Waals surface area (Å²) >= 11 is 0. The number of unbranched alkanes of at least 4 members (excludes halogenated alkanes) is 1. The second kappa shape index (κ2) is 13.7. The van der Waals surface area contributed by atoms with E-state index < -0.39 is 11.8 Å². The van der Waals surface area contributed by atoms with Crippen molar-refractivity contribution in [1.82, 2.24) is 0 Å². The maximum atomic E-state index is 13.5. The standard InChI is InChI=1S/C28H30FN3O4/c1-21(23-9-3-2-4-10-23)31-36-20-22-8-7-12-27(33)32(25-16-14-24(29)15-17-25)26(30-19-18-22)11-5-6-13-28(34)35/h2-4,7,9-10,12,14-19,22H,5-6,8,11,13,20H2,1H3,(H,34,35)/b12-7+,19-18+,30-26?,31-21+. The second-order valence-corrected chi connectivity index (χ2v) is 8.37. The van der Waals surface area contributed by atoms with Gasteiger partial charge in [-0.05, 0) is 62.1 Å². The van der Waals surface area contributed by atoms with Crippen molar-refractivity contribution in [2.75, 3.05) is 11.5 Å². The third-order valence-electron chi connectivity index (χ3n) is 5.57. The van der Waals surface area contributed by atoms with E-state index in [1.807, 2.05) is 43.3 Å². The summed E-state index contributed by atoms with van der Waals surface area (Å²) in [7, 11) is 0. The highest BCUT2D eigenvalue weighted by atomic mass is 19.1. The first kappa shape index (κ1) is 26.5. The van der Waals surface area contributed by atoms with Crippen LogP contribution in [-0.2, 0) is 14.4 Å². The fourth-order valence-corrected chi connectivity index (χ4v) is 3.62. The molecule has 1 aliphatic rings. The average Bonchev–Trinajstić information content (AvgIpc) is 2.87. The number of aliphatic carboxylic acids is 1. The van der Waals surface area contributed by atoms with Crippen LogP contribution in [0.5, 0.6) is 0 Å². The van der Waals surface area contributed by atoms with E-state index in [0.717, 1.165) is 11.3 Å². The number of amidine groups is 1. The molecule has 2 aromatic carbocycles. The van der Waals surface area contributed by atoms with Crippen molar-refractivity contribution in [3.63, 3.8) is 0 Å². The predicted octanol–water partition coefficient (Wildman–Crippen LogP) is 5.73. The Labute approximate surface area is 210 Å². The van der Waals surface area contributed by atoms with Crippen LogP contribution in [0.25, 0.3) is 0 Å². The highest BCUT2D eigenvalue weighted by molar-refractivity contribution is 6.20. The lowest BCUT2D eigenvalue weighted by atomic mass is 10.1. The Morgan fingerprint density at radius 1 is 1.17 bits per heavy atom. The van der Waals surface area contributed by atoms with E-state index in [9.17, 15) is 14.0 Å². The van der Waals surface area contributed by atoms with Crippen molar-refractivity contribution in [3.05, 3.63) is 90.4 Å². The maximum Gasteiger partial charge on any atom is 0.303 e. The fraction of sp³-hybridized carbons (Fsp3) is 0.286. The number of carbonyl (C=O) groups is 2. The molecule has 1 heterocycles. The SMILES string of the molecule is C/C(=N\OCC1/C=C/N=C(CCCCC(=O)O)N(c2ccc(F)cc2)C(=O)/C=C/C1)c1ccccc1. The number of carboxylic acid groups (broad SMARTS) is 1. The Morgan fingerprint density at radius 2 is 1.92 bits per heavy atom. The highest BCUT2D eigenvalue weighted by Gasteiger charge is 2.20. The number of carbonyl (C=O) groups excluding carboxylic acids is 1. The van der Waals surface area contributed by atoms with Crippen LogP contribution in [-0.4, -0.2) is 35.1 Å². The summed E-state index contributed by atoms with van der Waals surface area (Å²) in [5.74, 6) is -1.19. The predicted molar refractivity (Wildman–Crippen MR) is 138 cm³/mol. The number of aliphatic imine (C=N–C) groups is 1. The van der Waals surface area contributed by atoms with E-state index in [2.05, 4.69) is 10.1 Å². The summed E-state index contributed by atoms with van der Waals surface area (Å²) in [5, 5.41) is 13.1. The third-order valence-corrected chi connectivity index (χ3v) is 5.57. The molecule has 2 aromatic rings. The van der Waals surface area contributed by atoms with Crippen LogP contribution in [0.15, 0.2) is 89.2 Å². The van der Waals surface area contributed by atoms with Crippen LogP contribution in [0.3, 0.4) is 0 Å². The summed E-state index contributed by atoms with van der Waals surface area (Å²) in [6, 6.07) is 15.3. The molecule has 8 heteroatoms. The number of rotatable bonds is 10. The van der Waals surface area contributed by atoms with E-state index in [4.69, 9.17) is 9.94 Å². The molecule has 0 saturated heterocycles. The first-order valence-electron chi connectivity index (χ1n) is 11.9. The Kier molecular flexibility index (Phi) is 10.1. The van der Waals surface area contributed by atoms with Gasteiger partial charge in [0.2, 0.25) is 0 Å². The van der Waals surface area contributed by atoms with Gasteiger partial charge in [-0.2, -0.15) is 0 Å². The molecule has 0 aromatic heterocycles. The van der Waals surface area contributed by atoms with E-state index >= 15 is 0 Å². The van der Waals surface area contributed by atoms with Gasteiger partial charge in [0.25, 0.3) is 5.91 Å². The molecule has 3 rings (SSSR count). The average molecular weight is 492 g/mol. The van der Waals surface area contributed by atoms with E-state index in [1.165, 1.54) is 35.2 Å². The minimum Gasteiger partial charge on any atom is -0.481 e. The van der Waals surface area contributed by atoms with Gasteiger partial charge in [-0.25, -0.2) is 9.38 Å². The van der Waals surface area contributed by atoms with Gasteiger partial charge in [-0.1, -0.05) is 47.6 Å². The number of oxime groups is 1. The Hall–Kier alpha value is -4.07. The molecule has 0 bridgehead atoms. The van der Waals surface area contributed by atoms with Crippen molar-refractivity contribution in [1.29, 1.82) is 0 Å². The van der Waals surface area contributed by atoms with Gasteiger partial charge < -0.3 is 9.94 Å². The lowest BCUT2D eigenvalue weighted by molar-refractivity contribution is -0.137. The largest absolute Gasteiger partial charge is 0.481 e. The molecule has 7 nitrogen and oxygen atoms in total. The molecular weight excluding hydrogens is 461 g/mol. The van der Waals surface area contributed by atoms with Crippen LogP contribution in [0, 0.1) is 11.7 Å². The summed E-state index contributed by atoms with van der Waals surface area (Å²) in [6.45, 7) is 2.19. The van der Waals surface area contributed by atoms with E-state index in [0.29, 0.717) is 43.8 Å². The van der Waals surface area contributed by atoms with Gasteiger partial charge >= 0.3 is 5.97 Å². The van der Waals surface area contributed by atoms with E-state index in [-0.39, 0.29) is 18.2 Å². The molecule has 0 saturated carbocycles. The molecule has 1 amide bonds. The molecule has 1 aliphatic heterocycles. The van der Waals surface area contributed by atoms with Crippen LogP contribution in [0.1, 0.15) is 44.6 Å². The molecule has 1 atom stereocenters. The number of hydrogen-bond donors (Lipinski definition) is 1. The molecule has 0 fully saturated rings. The van der Waals surface area contributed by atoms with Gasteiger partial charge in [-0.15, -0.1) is 0 Å². The molecule has 0 radical (unpaired) electrons. The minimum absolute atomic E-state index is 0.0375. The van der Waals surface area contributed by atoms with Crippen LogP contribution < -0.4 is 4.90 Å². The van der Waals surface area contributed by atoms with Gasteiger partial charge in [0.1, 0.15) is 18.3 Å². The number of amides is 1. The zero-order valence-corrected chi connectivity index (χ0v) is 20.2. The Balaban J connectivity index is 1.77. The summed E-state index contributed by atoms with van der Waals surface area (Å²) < 4.78 is 13.5. The van der Waals surface area contributed by atoms with Crippen molar-refractivity contribution >= 4 is 29.1 Å². The molecule has 0 aliphatic carbocycles. The quantitative estimate of drug-likeness (QED) is 0.261. The number of anilines is 1. The fourth-order valence-electron chi connectivity index (χ4n) is 3.62. The molecular formula is C28H30FN3O4. The number of nitrogens with zero attached hydrogens (tertiary/aromatic N) is 3. The second-order valence-electron chi connectivity index (χ2n) is 8.37. The zero-order valence-electron chi connectivity index (χ0n) is 20.2. The lowest BCUT2D eigenvalue weighted by Gasteiger charge is -2.24. The number of halogens is 1. The topological polar surface area (TPSA) is 91.6 Å². The van der Waals surface area contributed by atoms with Crippen molar-refractivity contribution in [3.8, 4) is 0 Å². The first-order chi connectivity index (χ1) is 17.4. The van der Waals surface area contributed by atoms with Crippen molar-refractivity contribution < 1.29 is 23.9 Å². The van der Waals surface area contributed by atoms with Crippen LogP contribution >= 0.6 is 0 Å². The highest BCUT2D eigenvalue weighted by Crippen LogP contribution is 2.21. The molecule has 188 valence electrons. The summed E-state index contributed by atoms with van der Waals surface area (Å²) in [4.78, 5) is 35.6. The summed E-state index contributed by atoms with van der Waals surface area (Å²) in [6.07, 6.45) is 8.74. The summed E-state index contributed by atoms with van der Waals surface area (Å²) in [5.41, 5.74) is 2.23. The Morgan fingerprint density at radius 3 is 2.64 bits per heavy atom. The Bertz CT molecular complexity index is 1140. The molecule has 1 N–H and O–H groups in total. The lowest BCUT2D eigenvalue weighted by Crippen LogP contribution is -2.36. The number of benzene rings is 2. The van der Waals surface area contributed by atoms with Crippen molar-refractivity contribution in [2.24, 2.45) is 16.1 Å². The number of carboxylic acids is 1. The molecule has 1 unspecified atom stereocenters. The van der Waals surface area contributed by atoms with Crippen molar-refractivity contribution in [2.45, 2.75) is 39.0 Å². The number of allylic oxidation sites excluding steroid dienone is 1. The minimum atomic E-state index is -0.870. The normalized spacial score (nSPS) is 18.3. The maximum absolute atomic E-state index is 13.5. The first-order valence-corrected chi connectivity index (χ1v) is 11.9. The van der Waals surface area contributed by atoms with Crippen LogP contribution in [0.4, 0.5) is 10.1 Å². The van der Waals surface area contributed by atoms with E-state index in [1.54, 1.807) is 12.3 Å². The van der Waals surface area contributed by atoms with Crippen LogP contribution in [0.2, 0.25) is 0 Å². The molecule has 36 heavy (non-hydrogen) atoms. The third kappa shape index (κ3) is 8.30. The van der Waals surface area contributed by atoms with Gasteiger partial charge in [0.05, 0.1) is 11.4 Å². The zero-order chi connectivity index (χ0) is 25.8. The van der Waals surface area contributed by atoms with Gasteiger partial charge in [-0.3, -0.25) is 14.5 Å².